The lowest BCUT2D eigenvalue weighted by Gasteiger charge is -2.29. The molecule has 0 aliphatic carbocycles. The topological polar surface area (TPSA) is 33.1 Å². The van der Waals surface area contributed by atoms with Gasteiger partial charge in [-0.3, -0.25) is 4.98 Å². The third-order valence-corrected chi connectivity index (χ3v) is 6.78. The summed E-state index contributed by atoms with van der Waals surface area (Å²) < 4.78 is 16.8. The molecule has 1 saturated heterocycles. The van der Waals surface area contributed by atoms with Gasteiger partial charge in [-0.25, -0.2) is 4.39 Å². The molecule has 5 rings (SSSR count). The van der Waals surface area contributed by atoms with E-state index in [1.807, 2.05) is 48.7 Å². The number of pyridine rings is 1. The van der Waals surface area contributed by atoms with Crippen molar-refractivity contribution >= 4 is 23.0 Å². The number of hydrogen-bond donors (Lipinski definition) is 1. The smallest absolute Gasteiger partial charge is 0.174 e. The van der Waals surface area contributed by atoms with Crippen molar-refractivity contribution in [3.8, 4) is 5.69 Å². The molecule has 34 heavy (non-hydrogen) atoms. The second-order valence-electron chi connectivity index (χ2n) is 8.96. The molecular weight excluding hydrogens is 443 g/mol. The highest BCUT2D eigenvalue weighted by Crippen LogP contribution is 2.44. The molecule has 2 aromatic carbocycles. The molecule has 0 saturated carbocycles. The van der Waals surface area contributed by atoms with Crippen molar-refractivity contribution in [2.45, 2.75) is 39.8 Å². The van der Waals surface area contributed by atoms with Crippen molar-refractivity contribution in [2.24, 2.45) is 0 Å². The molecule has 2 aromatic heterocycles. The number of para-hydroxylation sites is 1. The molecule has 172 valence electrons. The first-order valence-corrected chi connectivity index (χ1v) is 11.8. The van der Waals surface area contributed by atoms with Gasteiger partial charge in [0.25, 0.3) is 0 Å². The molecule has 1 aliphatic heterocycles. The SMILES string of the molecule is Cc1cc(C)cc(N2C(=S)N[C@@H](c3ccccn3)[C@@H]2c2cc(C)n(-c3ccccc3F)c2C)c1. The summed E-state index contributed by atoms with van der Waals surface area (Å²) in [5, 5.41) is 4.18. The molecule has 0 spiro atoms. The van der Waals surface area contributed by atoms with Crippen LogP contribution in [0, 0.1) is 33.5 Å². The first-order valence-electron chi connectivity index (χ1n) is 11.4. The summed E-state index contributed by atoms with van der Waals surface area (Å²) in [5.74, 6) is -0.247. The maximum atomic E-state index is 14.8. The van der Waals surface area contributed by atoms with Crippen LogP contribution >= 0.6 is 12.2 Å². The highest BCUT2D eigenvalue weighted by molar-refractivity contribution is 7.80. The van der Waals surface area contributed by atoms with Gasteiger partial charge in [0.1, 0.15) is 5.82 Å². The molecule has 6 heteroatoms. The first kappa shape index (κ1) is 22.3. The lowest BCUT2D eigenvalue weighted by atomic mass is 9.96. The average molecular weight is 471 g/mol. The third kappa shape index (κ3) is 3.78. The summed E-state index contributed by atoms with van der Waals surface area (Å²) in [7, 11) is 0. The molecule has 4 aromatic rings. The van der Waals surface area contributed by atoms with Crippen molar-refractivity contribution in [1.82, 2.24) is 14.9 Å². The molecule has 2 atom stereocenters. The number of thiocarbonyl (C=S) groups is 1. The maximum absolute atomic E-state index is 14.8. The number of benzene rings is 2. The van der Waals surface area contributed by atoms with Gasteiger partial charge in [0.2, 0.25) is 0 Å². The van der Waals surface area contributed by atoms with Gasteiger partial charge in [0.15, 0.2) is 5.11 Å². The third-order valence-electron chi connectivity index (χ3n) is 6.46. The van der Waals surface area contributed by atoms with Gasteiger partial charge in [0, 0.05) is 23.3 Å². The van der Waals surface area contributed by atoms with Crippen molar-refractivity contribution in [2.75, 3.05) is 4.90 Å². The normalized spacial score (nSPS) is 17.8. The Balaban J connectivity index is 1.71. The first-order chi connectivity index (χ1) is 16.3. The molecular formula is C28H27FN4S. The van der Waals surface area contributed by atoms with Crippen LogP contribution in [0.3, 0.4) is 0 Å². The summed E-state index contributed by atoms with van der Waals surface area (Å²) in [6.45, 7) is 8.25. The molecule has 1 N–H and O–H groups in total. The van der Waals surface area contributed by atoms with E-state index < -0.39 is 0 Å². The van der Waals surface area contributed by atoms with Crippen LogP contribution in [0.25, 0.3) is 5.69 Å². The van der Waals surface area contributed by atoms with Crippen LogP contribution in [0.4, 0.5) is 10.1 Å². The Bertz CT molecular complexity index is 1360. The van der Waals surface area contributed by atoms with Gasteiger partial charge in [-0.2, -0.15) is 0 Å². The fraction of sp³-hybridized carbons (Fsp3) is 0.214. The highest BCUT2D eigenvalue weighted by Gasteiger charge is 2.42. The second kappa shape index (κ2) is 8.69. The largest absolute Gasteiger partial charge is 0.351 e. The number of hydrogen-bond acceptors (Lipinski definition) is 2. The molecule has 0 bridgehead atoms. The van der Waals surface area contributed by atoms with E-state index in [2.05, 4.69) is 53.3 Å². The summed E-state index contributed by atoms with van der Waals surface area (Å²) >= 11 is 5.88. The molecule has 3 heterocycles. The quantitative estimate of drug-likeness (QED) is 0.349. The summed E-state index contributed by atoms with van der Waals surface area (Å²) in [5.41, 5.74) is 7.88. The number of aryl methyl sites for hydroxylation is 3. The number of nitrogens with zero attached hydrogens (tertiary/aromatic N) is 3. The Morgan fingerprint density at radius 2 is 1.62 bits per heavy atom. The maximum Gasteiger partial charge on any atom is 0.174 e. The van der Waals surface area contributed by atoms with E-state index in [-0.39, 0.29) is 17.9 Å². The number of nitrogens with one attached hydrogen (secondary N) is 1. The van der Waals surface area contributed by atoms with Crippen molar-refractivity contribution in [3.63, 3.8) is 0 Å². The van der Waals surface area contributed by atoms with Gasteiger partial charge in [-0.05, 0) is 99.1 Å². The Morgan fingerprint density at radius 1 is 0.912 bits per heavy atom. The summed E-state index contributed by atoms with van der Waals surface area (Å²) in [6.07, 6.45) is 1.80. The molecule has 0 radical (unpaired) electrons. The molecule has 1 fully saturated rings. The monoisotopic (exact) mass is 470 g/mol. The van der Waals surface area contributed by atoms with Crippen LogP contribution in [-0.2, 0) is 0 Å². The van der Waals surface area contributed by atoms with Crippen LogP contribution < -0.4 is 10.2 Å². The fourth-order valence-corrected chi connectivity index (χ4v) is 5.48. The predicted molar refractivity (Wildman–Crippen MR) is 139 cm³/mol. The Labute approximate surface area is 205 Å². The van der Waals surface area contributed by atoms with E-state index in [9.17, 15) is 4.39 Å². The minimum absolute atomic E-state index is 0.143. The molecule has 0 amide bonds. The predicted octanol–water partition coefficient (Wildman–Crippen LogP) is 6.42. The van der Waals surface area contributed by atoms with Crippen LogP contribution in [0.15, 0.2) is 72.9 Å². The van der Waals surface area contributed by atoms with Gasteiger partial charge in [-0.1, -0.05) is 24.3 Å². The van der Waals surface area contributed by atoms with E-state index in [1.165, 1.54) is 17.2 Å². The van der Waals surface area contributed by atoms with Crippen molar-refractivity contribution in [1.29, 1.82) is 0 Å². The molecule has 4 nitrogen and oxygen atoms in total. The summed E-state index contributed by atoms with van der Waals surface area (Å²) in [4.78, 5) is 6.83. The number of halogens is 1. The lowest BCUT2D eigenvalue weighted by molar-refractivity contribution is 0.564. The minimum atomic E-state index is -0.247. The van der Waals surface area contributed by atoms with Gasteiger partial charge < -0.3 is 14.8 Å². The Hall–Kier alpha value is -3.51. The second-order valence-corrected chi connectivity index (χ2v) is 9.34. The van der Waals surface area contributed by atoms with Gasteiger partial charge in [-0.15, -0.1) is 0 Å². The fourth-order valence-electron chi connectivity index (χ4n) is 5.13. The minimum Gasteiger partial charge on any atom is -0.351 e. The van der Waals surface area contributed by atoms with E-state index in [4.69, 9.17) is 12.2 Å². The Kier molecular flexibility index (Phi) is 5.70. The average Bonchev–Trinajstić information content (AvgIpc) is 3.29. The number of rotatable bonds is 4. The zero-order valence-electron chi connectivity index (χ0n) is 19.7. The van der Waals surface area contributed by atoms with Gasteiger partial charge >= 0.3 is 0 Å². The van der Waals surface area contributed by atoms with Gasteiger partial charge in [0.05, 0.1) is 23.5 Å². The van der Waals surface area contributed by atoms with Crippen LogP contribution in [0.1, 0.15) is 45.9 Å². The van der Waals surface area contributed by atoms with Crippen molar-refractivity contribution in [3.05, 3.63) is 113 Å². The summed E-state index contributed by atoms with van der Waals surface area (Å²) in [6, 6.07) is 21.1. The van der Waals surface area contributed by atoms with E-state index in [0.717, 1.165) is 28.3 Å². The van der Waals surface area contributed by atoms with E-state index in [0.29, 0.717) is 10.8 Å². The zero-order valence-corrected chi connectivity index (χ0v) is 20.5. The van der Waals surface area contributed by atoms with E-state index in [1.54, 1.807) is 12.3 Å². The Morgan fingerprint density at radius 3 is 2.29 bits per heavy atom. The number of anilines is 1. The lowest BCUT2D eigenvalue weighted by Crippen LogP contribution is -2.29. The van der Waals surface area contributed by atoms with Crippen LogP contribution in [0.2, 0.25) is 0 Å². The molecule has 0 unspecified atom stereocenters. The zero-order chi connectivity index (χ0) is 24.0. The van der Waals surface area contributed by atoms with Crippen molar-refractivity contribution < 1.29 is 4.39 Å². The number of aromatic nitrogens is 2. The van der Waals surface area contributed by atoms with Crippen LogP contribution in [-0.4, -0.2) is 14.7 Å². The standard InChI is InChI=1S/C28H27FN4S/c1-17-13-18(2)15-21(14-17)33-27(26(31-28(33)34)24-10-7-8-12-30-24)22-16-19(3)32(20(22)4)25-11-6-5-9-23(25)29/h5-16,26-27H,1-4H3,(H,31,34)/t26-,27-/m0/s1. The van der Waals surface area contributed by atoms with Crippen LogP contribution in [0.5, 0.6) is 0 Å². The van der Waals surface area contributed by atoms with E-state index >= 15 is 0 Å². The molecule has 1 aliphatic rings. The highest BCUT2D eigenvalue weighted by atomic mass is 32.1.